The highest BCUT2D eigenvalue weighted by Gasteiger charge is 2.22. The highest BCUT2D eigenvalue weighted by atomic mass is 31.2. The van der Waals surface area contributed by atoms with Crippen molar-refractivity contribution >= 4 is 19.8 Å². The molecule has 0 saturated carbocycles. The van der Waals surface area contributed by atoms with E-state index in [-0.39, 0.29) is 19.4 Å². The summed E-state index contributed by atoms with van der Waals surface area (Å²) in [7, 11) is -4.74. The normalized spacial score (nSPS) is 12.6. The Morgan fingerprint density at radius 2 is 1.07 bits per heavy atom. The van der Waals surface area contributed by atoms with Crippen LogP contribution in [0, 0.1) is 0 Å². The number of ether oxygens (including phenoxy) is 2. The number of phosphoric acid groups is 1. The summed E-state index contributed by atoms with van der Waals surface area (Å²) < 4.78 is 26.1. The van der Waals surface area contributed by atoms with Crippen molar-refractivity contribution in [2.24, 2.45) is 0 Å². The molecule has 0 spiro atoms. The Kier molecular flexibility index (Phi) is 28.0. The van der Waals surface area contributed by atoms with Crippen molar-refractivity contribution in [3.05, 3.63) is 12.2 Å². The fourth-order valence-electron chi connectivity index (χ4n) is 4.55. The first-order valence-electron chi connectivity index (χ1n) is 16.5. The minimum Gasteiger partial charge on any atom is -0.462 e. The molecule has 9 heteroatoms. The maximum absolute atomic E-state index is 12.2. The fraction of sp³-hybridized carbons (Fsp3) is 0.875. The van der Waals surface area contributed by atoms with Gasteiger partial charge in [0.15, 0.2) is 6.10 Å². The molecule has 0 fully saturated rings. The Labute approximate surface area is 250 Å². The lowest BCUT2D eigenvalue weighted by Gasteiger charge is -2.18. The summed E-state index contributed by atoms with van der Waals surface area (Å²) in [4.78, 5) is 42.4. The largest absolute Gasteiger partial charge is 0.469 e. The van der Waals surface area contributed by atoms with Gasteiger partial charge in [-0.25, -0.2) is 4.57 Å². The van der Waals surface area contributed by atoms with Crippen molar-refractivity contribution in [1.29, 1.82) is 0 Å². The van der Waals surface area contributed by atoms with Crippen LogP contribution in [0.4, 0.5) is 0 Å². The zero-order valence-electron chi connectivity index (χ0n) is 26.2. The minimum absolute atomic E-state index is 0.204. The van der Waals surface area contributed by atoms with Crippen LogP contribution in [0.1, 0.15) is 162 Å². The number of carbonyl (C=O) groups excluding carboxylic acids is 2. The van der Waals surface area contributed by atoms with Gasteiger partial charge in [-0.2, -0.15) is 0 Å². The van der Waals surface area contributed by atoms with Gasteiger partial charge in [-0.1, -0.05) is 129 Å². The summed E-state index contributed by atoms with van der Waals surface area (Å²) in [5.74, 6) is -0.894. The standard InChI is InChI=1S/C32H61O8P/c1-3-5-7-9-11-13-15-16-17-19-20-22-24-26-31(33)38-28-30(29-39-41(35,36)37)40-32(34)27-25-23-21-18-14-12-10-8-6-4-2/h8,10,30H,3-7,9,11-29H2,1-2H3,(H2,35,36,37)/b10-8-. The van der Waals surface area contributed by atoms with Crippen molar-refractivity contribution in [3.63, 3.8) is 0 Å². The molecular formula is C32H61O8P. The smallest absolute Gasteiger partial charge is 0.462 e. The molecule has 0 bridgehead atoms. The summed E-state index contributed by atoms with van der Waals surface area (Å²) in [5, 5.41) is 0. The summed E-state index contributed by atoms with van der Waals surface area (Å²) in [6.45, 7) is 3.59. The molecule has 8 nitrogen and oxygen atoms in total. The van der Waals surface area contributed by atoms with Crippen LogP contribution in [0.2, 0.25) is 0 Å². The van der Waals surface area contributed by atoms with Gasteiger partial charge in [-0.3, -0.25) is 14.1 Å². The first-order valence-corrected chi connectivity index (χ1v) is 18.0. The Morgan fingerprint density at radius 1 is 0.610 bits per heavy atom. The summed E-state index contributed by atoms with van der Waals surface area (Å²) >= 11 is 0. The maximum atomic E-state index is 12.2. The van der Waals surface area contributed by atoms with Gasteiger partial charge in [-0.05, 0) is 32.1 Å². The van der Waals surface area contributed by atoms with E-state index in [1.165, 1.54) is 70.6 Å². The van der Waals surface area contributed by atoms with Gasteiger partial charge in [-0.15, -0.1) is 0 Å². The first kappa shape index (κ1) is 39.8. The number of esters is 2. The third-order valence-corrected chi connectivity index (χ3v) is 7.50. The summed E-state index contributed by atoms with van der Waals surface area (Å²) in [5.41, 5.74) is 0. The lowest BCUT2D eigenvalue weighted by Crippen LogP contribution is -2.29. The average Bonchev–Trinajstić information content (AvgIpc) is 2.93. The second-order valence-corrected chi connectivity index (χ2v) is 12.4. The Bertz CT molecular complexity index is 691. The molecule has 0 aliphatic rings. The van der Waals surface area contributed by atoms with E-state index in [0.717, 1.165) is 57.8 Å². The second kappa shape index (κ2) is 28.9. The van der Waals surface area contributed by atoms with E-state index in [1.807, 2.05) is 0 Å². The Hall–Kier alpha value is -1.21. The van der Waals surface area contributed by atoms with E-state index >= 15 is 0 Å². The third-order valence-electron chi connectivity index (χ3n) is 7.02. The van der Waals surface area contributed by atoms with Gasteiger partial charge in [0, 0.05) is 12.8 Å². The van der Waals surface area contributed by atoms with Gasteiger partial charge in [0.2, 0.25) is 0 Å². The summed E-state index contributed by atoms with van der Waals surface area (Å²) in [6, 6.07) is 0. The molecule has 0 saturated heterocycles. The van der Waals surface area contributed by atoms with E-state index < -0.39 is 32.5 Å². The number of rotatable bonds is 30. The van der Waals surface area contributed by atoms with Gasteiger partial charge in [0.25, 0.3) is 0 Å². The van der Waals surface area contributed by atoms with Crippen LogP contribution in [-0.4, -0.2) is 41.0 Å². The van der Waals surface area contributed by atoms with Crippen LogP contribution in [-0.2, 0) is 28.2 Å². The molecule has 1 atom stereocenters. The van der Waals surface area contributed by atoms with Crippen LogP contribution in [0.25, 0.3) is 0 Å². The van der Waals surface area contributed by atoms with Crippen LogP contribution >= 0.6 is 7.82 Å². The molecule has 0 aromatic rings. The van der Waals surface area contributed by atoms with Crippen molar-refractivity contribution in [1.82, 2.24) is 0 Å². The fourth-order valence-corrected chi connectivity index (χ4v) is 4.91. The highest BCUT2D eigenvalue weighted by molar-refractivity contribution is 7.46. The number of unbranched alkanes of at least 4 members (excludes halogenated alkanes) is 18. The van der Waals surface area contributed by atoms with Crippen molar-refractivity contribution < 1.29 is 37.9 Å². The topological polar surface area (TPSA) is 119 Å². The molecule has 0 aliphatic carbocycles. The van der Waals surface area contributed by atoms with E-state index in [0.29, 0.717) is 6.42 Å². The number of allylic oxidation sites excluding steroid dienone is 2. The van der Waals surface area contributed by atoms with Crippen LogP contribution < -0.4 is 0 Å². The predicted octanol–water partition coefficient (Wildman–Crippen LogP) is 9.12. The summed E-state index contributed by atoms with van der Waals surface area (Å²) in [6.07, 6.45) is 28.0. The second-order valence-electron chi connectivity index (χ2n) is 11.1. The zero-order chi connectivity index (χ0) is 30.4. The van der Waals surface area contributed by atoms with Gasteiger partial charge < -0.3 is 19.3 Å². The average molecular weight is 605 g/mol. The molecular weight excluding hydrogens is 543 g/mol. The zero-order valence-corrected chi connectivity index (χ0v) is 27.1. The molecule has 0 aromatic carbocycles. The molecule has 0 radical (unpaired) electrons. The van der Waals surface area contributed by atoms with E-state index in [9.17, 15) is 14.2 Å². The van der Waals surface area contributed by atoms with Gasteiger partial charge in [0.05, 0.1) is 6.61 Å². The van der Waals surface area contributed by atoms with Crippen molar-refractivity contribution in [2.45, 2.75) is 168 Å². The molecule has 0 rings (SSSR count). The maximum Gasteiger partial charge on any atom is 0.469 e. The van der Waals surface area contributed by atoms with Crippen molar-refractivity contribution in [3.8, 4) is 0 Å². The van der Waals surface area contributed by atoms with Crippen LogP contribution in [0.3, 0.4) is 0 Å². The monoisotopic (exact) mass is 604 g/mol. The van der Waals surface area contributed by atoms with Crippen LogP contribution in [0.5, 0.6) is 0 Å². The Morgan fingerprint density at radius 3 is 1.59 bits per heavy atom. The predicted molar refractivity (Wildman–Crippen MR) is 166 cm³/mol. The Balaban J connectivity index is 4.00. The number of hydrogen-bond acceptors (Lipinski definition) is 6. The molecule has 242 valence electrons. The minimum atomic E-state index is -4.74. The number of hydrogen-bond donors (Lipinski definition) is 2. The van der Waals surface area contributed by atoms with Gasteiger partial charge in [0.1, 0.15) is 6.61 Å². The lowest BCUT2D eigenvalue weighted by molar-refractivity contribution is -0.161. The molecule has 0 amide bonds. The lowest BCUT2D eigenvalue weighted by atomic mass is 10.0. The molecule has 1 unspecified atom stereocenters. The third kappa shape index (κ3) is 31.6. The molecule has 0 aliphatic heterocycles. The van der Waals surface area contributed by atoms with Crippen LogP contribution in [0.15, 0.2) is 12.2 Å². The van der Waals surface area contributed by atoms with E-state index in [1.54, 1.807) is 0 Å². The SMILES string of the molecule is CCC/C=C\CCCCCCCC(=O)OC(COC(=O)CCCCCCCCCCCCCCC)COP(=O)(O)O. The molecule has 41 heavy (non-hydrogen) atoms. The quantitative estimate of drug-likeness (QED) is 0.0360. The van der Waals surface area contributed by atoms with Gasteiger partial charge >= 0.3 is 19.8 Å². The number of phosphoric ester groups is 1. The first-order chi connectivity index (χ1) is 19.8. The molecule has 0 aromatic heterocycles. The van der Waals surface area contributed by atoms with E-state index in [2.05, 4.69) is 30.5 Å². The van der Waals surface area contributed by atoms with E-state index in [4.69, 9.17) is 19.3 Å². The molecule has 0 heterocycles. The number of carbonyl (C=O) groups is 2. The highest BCUT2D eigenvalue weighted by Crippen LogP contribution is 2.35. The van der Waals surface area contributed by atoms with Crippen molar-refractivity contribution in [2.75, 3.05) is 13.2 Å². The molecule has 2 N–H and O–H groups in total.